The van der Waals surface area contributed by atoms with Gasteiger partial charge >= 0.3 is 0 Å². The first-order chi connectivity index (χ1) is 19.4. The number of likely N-dealkylation sites (tertiary alicyclic amines) is 1. The van der Waals surface area contributed by atoms with Crippen molar-refractivity contribution in [3.8, 4) is 5.75 Å². The van der Waals surface area contributed by atoms with Crippen molar-refractivity contribution in [3.63, 3.8) is 0 Å². The van der Waals surface area contributed by atoms with E-state index in [2.05, 4.69) is 22.3 Å². The van der Waals surface area contributed by atoms with Crippen LogP contribution in [0.1, 0.15) is 64.2 Å². The number of hydrogen-bond acceptors (Lipinski definition) is 5. The maximum Gasteiger partial charge on any atom is 0.255 e. The second-order valence-corrected chi connectivity index (χ2v) is 10.9. The summed E-state index contributed by atoms with van der Waals surface area (Å²) in [5, 5.41) is 2.31. The molecule has 0 spiro atoms. The minimum atomic E-state index is -0.697. The minimum absolute atomic E-state index is 0.0788. The van der Waals surface area contributed by atoms with Gasteiger partial charge < -0.3 is 9.64 Å². The summed E-state index contributed by atoms with van der Waals surface area (Å²) in [6.45, 7) is 3.34. The molecular formula is C32H32FN3O4. The number of ether oxygens (including phenoxy) is 1. The van der Waals surface area contributed by atoms with Crippen molar-refractivity contribution in [3.05, 3.63) is 100 Å². The van der Waals surface area contributed by atoms with Crippen LogP contribution in [0.4, 0.5) is 4.39 Å². The van der Waals surface area contributed by atoms with Crippen LogP contribution in [0.3, 0.4) is 0 Å². The highest BCUT2D eigenvalue weighted by atomic mass is 19.1. The van der Waals surface area contributed by atoms with Crippen LogP contribution >= 0.6 is 0 Å². The molecule has 0 saturated carbocycles. The van der Waals surface area contributed by atoms with E-state index >= 15 is 4.39 Å². The Morgan fingerprint density at radius 2 is 1.65 bits per heavy atom. The topological polar surface area (TPSA) is 79.0 Å². The van der Waals surface area contributed by atoms with Gasteiger partial charge in [0.1, 0.15) is 24.2 Å². The summed E-state index contributed by atoms with van der Waals surface area (Å²) in [5.41, 5.74) is 4.06. The quantitative estimate of drug-likeness (QED) is 0.444. The first-order valence-electron chi connectivity index (χ1n) is 13.9. The molecule has 0 radical (unpaired) electrons. The van der Waals surface area contributed by atoms with Gasteiger partial charge in [-0.1, -0.05) is 48.5 Å². The van der Waals surface area contributed by atoms with E-state index in [1.54, 1.807) is 0 Å². The number of amides is 3. The lowest BCUT2D eigenvalue weighted by Gasteiger charge is -2.32. The second kappa shape index (κ2) is 11.2. The molecule has 40 heavy (non-hydrogen) atoms. The van der Waals surface area contributed by atoms with E-state index in [1.165, 1.54) is 16.5 Å². The van der Waals surface area contributed by atoms with Crippen molar-refractivity contribution in [2.75, 3.05) is 13.1 Å². The van der Waals surface area contributed by atoms with E-state index in [1.807, 2.05) is 48.5 Å². The molecule has 3 amide bonds. The number of hydrogen-bond donors (Lipinski definition) is 1. The molecule has 3 aliphatic heterocycles. The zero-order valence-corrected chi connectivity index (χ0v) is 22.3. The average molecular weight is 542 g/mol. The number of imide groups is 1. The Morgan fingerprint density at radius 3 is 2.38 bits per heavy atom. The van der Waals surface area contributed by atoms with Gasteiger partial charge in [0.2, 0.25) is 11.8 Å². The number of carbonyl (C=O) groups excluding carboxylic acids is 3. The van der Waals surface area contributed by atoms with Gasteiger partial charge in [0.15, 0.2) is 0 Å². The lowest BCUT2D eigenvalue weighted by atomic mass is 9.87. The molecule has 8 heteroatoms. The smallest absolute Gasteiger partial charge is 0.255 e. The Balaban J connectivity index is 1.04. The van der Waals surface area contributed by atoms with E-state index in [-0.39, 0.29) is 36.5 Å². The molecule has 2 saturated heterocycles. The Labute approximate surface area is 232 Å². The van der Waals surface area contributed by atoms with E-state index in [0.717, 1.165) is 49.4 Å². The molecule has 6 rings (SSSR count). The normalized spacial score (nSPS) is 20.0. The second-order valence-electron chi connectivity index (χ2n) is 10.9. The monoisotopic (exact) mass is 541 g/mol. The van der Waals surface area contributed by atoms with Crippen LogP contribution in [0.5, 0.6) is 5.75 Å². The van der Waals surface area contributed by atoms with Crippen LogP contribution in [-0.2, 0) is 29.3 Å². The summed E-state index contributed by atoms with van der Waals surface area (Å²) in [6, 6.07) is 20.7. The molecule has 3 heterocycles. The Bertz CT molecular complexity index is 1420. The number of benzene rings is 3. The standard InChI is InChI=1S/C32H32FN3O4/c33-28-17-27-24(19-36(32(27)39)29-10-11-30(37)34-31(29)38)16-26(28)23-12-14-35(15-13-23)18-21-6-8-25(9-7-21)40-20-22-4-2-1-3-5-22/h1-9,16-17,23,29H,10-15,18-20H2,(H,34,37,38). The summed E-state index contributed by atoms with van der Waals surface area (Å²) in [4.78, 5) is 40.7. The third kappa shape index (κ3) is 5.49. The largest absolute Gasteiger partial charge is 0.489 e. The summed E-state index contributed by atoms with van der Waals surface area (Å²) in [5.74, 6) is -0.569. The van der Waals surface area contributed by atoms with Gasteiger partial charge in [-0.3, -0.25) is 24.6 Å². The van der Waals surface area contributed by atoms with E-state index in [9.17, 15) is 14.4 Å². The molecule has 3 aliphatic rings. The van der Waals surface area contributed by atoms with Gasteiger partial charge in [-0.2, -0.15) is 0 Å². The number of carbonyl (C=O) groups is 3. The highest BCUT2D eigenvalue weighted by molar-refractivity contribution is 6.05. The van der Waals surface area contributed by atoms with Crippen LogP contribution in [-0.4, -0.2) is 46.7 Å². The predicted molar refractivity (Wildman–Crippen MR) is 147 cm³/mol. The molecule has 1 unspecified atom stereocenters. The minimum Gasteiger partial charge on any atom is -0.489 e. The number of halogens is 1. The SMILES string of the molecule is O=C1CCC(N2Cc3cc(C4CCN(Cc5ccc(OCc6ccccc6)cc5)CC4)c(F)cc3C2=O)C(=O)N1. The molecular weight excluding hydrogens is 509 g/mol. The van der Waals surface area contributed by atoms with Gasteiger partial charge in [0.25, 0.3) is 5.91 Å². The molecule has 0 aliphatic carbocycles. The predicted octanol–water partition coefficient (Wildman–Crippen LogP) is 4.55. The van der Waals surface area contributed by atoms with Gasteiger partial charge in [0, 0.05) is 25.1 Å². The maximum absolute atomic E-state index is 15.2. The molecule has 3 aromatic rings. The summed E-state index contributed by atoms with van der Waals surface area (Å²) < 4.78 is 21.1. The fourth-order valence-electron chi connectivity index (χ4n) is 6.01. The third-order valence-electron chi connectivity index (χ3n) is 8.25. The maximum atomic E-state index is 15.2. The number of nitrogens with zero attached hydrogens (tertiary/aromatic N) is 2. The Morgan fingerprint density at radius 1 is 0.900 bits per heavy atom. The fourth-order valence-corrected chi connectivity index (χ4v) is 6.01. The van der Waals surface area contributed by atoms with Gasteiger partial charge in [0.05, 0.1) is 0 Å². The van der Waals surface area contributed by atoms with Crippen molar-refractivity contribution in [1.29, 1.82) is 0 Å². The van der Waals surface area contributed by atoms with E-state index in [4.69, 9.17) is 4.74 Å². The molecule has 206 valence electrons. The number of fused-ring (bicyclic) bond motifs is 1. The lowest BCUT2D eigenvalue weighted by Crippen LogP contribution is -2.52. The highest BCUT2D eigenvalue weighted by Crippen LogP contribution is 2.35. The molecule has 1 N–H and O–H groups in total. The molecule has 0 bridgehead atoms. The Kier molecular flexibility index (Phi) is 7.34. The van der Waals surface area contributed by atoms with E-state index < -0.39 is 11.9 Å². The number of piperidine rings is 2. The van der Waals surface area contributed by atoms with Gasteiger partial charge in [-0.05, 0) is 78.7 Å². The first kappa shape index (κ1) is 26.2. The number of nitrogens with one attached hydrogen (secondary N) is 1. The van der Waals surface area contributed by atoms with Crippen LogP contribution in [0, 0.1) is 5.82 Å². The van der Waals surface area contributed by atoms with Crippen molar-refractivity contribution in [2.24, 2.45) is 0 Å². The van der Waals surface area contributed by atoms with Crippen LogP contribution in [0.2, 0.25) is 0 Å². The summed E-state index contributed by atoms with van der Waals surface area (Å²) in [6.07, 6.45) is 2.15. The molecule has 0 aromatic heterocycles. The van der Waals surface area contributed by atoms with Gasteiger partial charge in [-0.25, -0.2) is 4.39 Å². The van der Waals surface area contributed by atoms with Crippen LogP contribution < -0.4 is 10.1 Å². The molecule has 1 atom stereocenters. The lowest BCUT2D eigenvalue weighted by molar-refractivity contribution is -0.136. The number of rotatable bonds is 7. The van der Waals surface area contributed by atoms with Crippen molar-refractivity contribution in [1.82, 2.24) is 15.1 Å². The summed E-state index contributed by atoms with van der Waals surface area (Å²) >= 11 is 0. The Hall–Kier alpha value is -4.04. The zero-order valence-electron chi connectivity index (χ0n) is 22.3. The first-order valence-corrected chi connectivity index (χ1v) is 13.9. The average Bonchev–Trinajstić information content (AvgIpc) is 3.28. The third-order valence-corrected chi connectivity index (χ3v) is 8.25. The van der Waals surface area contributed by atoms with Crippen molar-refractivity contribution < 1.29 is 23.5 Å². The van der Waals surface area contributed by atoms with Crippen molar-refractivity contribution in [2.45, 2.75) is 57.3 Å². The molecule has 2 fully saturated rings. The van der Waals surface area contributed by atoms with Crippen LogP contribution in [0.25, 0.3) is 0 Å². The highest BCUT2D eigenvalue weighted by Gasteiger charge is 2.40. The zero-order chi connectivity index (χ0) is 27.6. The molecule has 7 nitrogen and oxygen atoms in total. The fraction of sp³-hybridized carbons (Fsp3) is 0.344. The van der Waals surface area contributed by atoms with E-state index in [0.29, 0.717) is 24.2 Å². The van der Waals surface area contributed by atoms with Crippen LogP contribution in [0.15, 0.2) is 66.7 Å². The van der Waals surface area contributed by atoms with Gasteiger partial charge in [-0.15, -0.1) is 0 Å². The van der Waals surface area contributed by atoms with Crippen molar-refractivity contribution >= 4 is 17.7 Å². The molecule has 3 aromatic carbocycles. The summed E-state index contributed by atoms with van der Waals surface area (Å²) in [7, 11) is 0.